The molecule has 0 amide bonds. The van der Waals surface area contributed by atoms with E-state index in [4.69, 9.17) is 0 Å². The molecule has 0 bridgehead atoms. The maximum absolute atomic E-state index is 2.32. The number of rotatable bonds is 6. The highest BCUT2D eigenvalue weighted by Gasteiger charge is 2.06. The van der Waals surface area contributed by atoms with E-state index in [-0.39, 0.29) is 0 Å². The summed E-state index contributed by atoms with van der Waals surface area (Å²) >= 11 is 1.99. The Bertz CT molecular complexity index is 296. The van der Waals surface area contributed by atoms with E-state index in [0.29, 0.717) is 5.92 Å². The topological polar surface area (TPSA) is 0 Å². The van der Waals surface area contributed by atoms with Crippen molar-refractivity contribution in [2.45, 2.75) is 52.4 Å². The second kappa shape index (κ2) is 6.84. The molecule has 1 heteroatoms. The Morgan fingerprint density at radius 3 is 2.73 bits per heavy atom. The highest BCUT2D eigenvalue weighted by molar-refractivity contribution is 7.12. The molecular formula is C14H22S. The fourth-order valence-corrected chi connectivity index (χ4v) is 2.80. The minimum atomic E-state index is 0.684. The standard InChI is InChI=1S/C14H22S/c1-4-6-7-9-12(3)14-11-10-13(15-14)8-5-2/h6-7,10-12H,4-5,8-9H2,1-3H3/b7-6-. The van der Waals surface area contributed by atoms with Gasteiger partial charge in [-0.3, -0.25) is 0 Å². The first-order valence-corrected chi connectivity index (χ1v) is 6.83. The third-order valence-corrected chi connectivity index (χ3v) is 3.93. The third kappa shape index (κ3) is 4.21. The molecule has 15 heavy (non-hydrogen) atoms. The van der Waals surface area contributed by atoms with E-state index in [1.54, 1.807) is 9.75 Å². The van der Waals surface area contributed by atoms with Gasteiger partial charge in [-0.2, -0.15) is 0 Å². The van der Waals surface area contributed by atoms with Crippen LogP contribution in [0.2, 0.25) is 0 Å². The number of hydrogen-bond donors (Lipinski definition) is 0. The summed E-state index contributed by atoms with van der Waals surface area (Å²) in [5, 5.41) is 0. The number of allylic oxidation sites excluding steroid dienone is 2. The zero-order valence-electron chi connectivity index (χ0n) is 10.1. The van der Waals surface area contributed by atoms with E-state index in [9.17, 15) is 0 Å². The van der Waals surface area contributed by atoms with Crippen LogP contribution in [0.3, 0.4) is 0 Å². The number of aryl methyl sites for hydroxylation is 1. The Labute approximate surface area is 98.0 Å². The zero-order chi connectivity index (χ0) is 11.1. The van der Waals surface area contributed by atoms with Crippen molar-refractivity contribution >= 4 is 11.3 Å². The van der Waals surface area contributed by atoms with Crippen molar-refractivity contribution in [3.8, 4) is 0 Å². The summed E-state index contributed by atoms with van der Waals surface area (Å²) in [6.45, 7) is 6.75. The molecule has 0 spiro atoms. The molecule has 0 saturated heterocycles. The predicted octanol–water partition coefficient (Wildman–Crippen LogP) is 5.16. The Morgan fingerprint density at radius 1 is 1.27 bits per heavy atom. The average Bonchev–Trinajstić information content (AvgIpc) is 2.67. The van der Waals surface area contributed by atoms with E-state index < -0.39 is 0 Å². The van der Waals surface area contributed by atoms with Crippen LogP contribution in [0, 0.1) is 0 Å². The van der Waals surface area contributed by atoms with E-state index in [1.165, 1.54) is 19.3 Å². The van der Waals surface area contributed by atoms with Gasteiger partial charge in [-0.05, 0) is 37.3 Å². The van der Waals surface area contributed by atoms with E-state index in [0.717, 1.165) is 6.42 Å². The summed E-state index contributed by atoms with van der Waals surface area (Å²) in [6, 6.07) is 4.60. The molecule has 1 atom stereocenters. The molecule has 0 N–H and O–H groups in total. The van der Waals surface area contributed by atoms with Gasteiger partial charge in [-0.25, -0.2) is 0 Å². The van der Waals surface area contributed by atoms with Gasteiger partial charge >= 0.3 is 0 Å². The van der Waals surface area contributed by atoms with Gasteiger partial charge in [-0.15, -0.1) is 11.3 Å². The molecule has 1 rings (SSSR count). The Hall–Kier alpha value is -0.560. The molecule has 1 heterocycles. The molecular weight excluding hydrogens is 200 g/mol. The van der Waals surface area contributed by atoms with Gasteiger partial charge in [0.05, 0.1) is 0 Å². The van der Waals surface area contributed by atoms with Crippen molar-refractivity contribution in [2.75, 3.05) is 0 Å². The van der Waals surface area contributed by atoms with Crippen molar-refractivity contribution in [3.05, 3.63) is 34.0 Å². The lowest BCUT2D eigenvalue weighted by Crippen LogP contribution is -1.86. The minimum Gasteiger partial charge on any atom is -0.145 e. The molecule has 1 aromatic heterocycles. The second-order valence-corrected chi connectivity index (χ2v) is 5.27. The number of hydrogen-bond acceptors (Lipinski definition) is 1. The second-order valence-electron chi connectivity index (χ2n) is 4.07. The normalized spacial score (nSPS) is 13.5. The Kier molecular flexibility index (Phi) is 5.70. The van der Waals surface area contributed by atoms with E-state index in [2.05, 4.69) is 45.1 Å². The van der Waals surface area contributed by atoms with Crippen molar-refractivity contribution in [3.63, 3.8) is 0 Å². The Morgan fingerprint density at radius 2 is 2.07 bits per heavy atom. The maximum atomic E-state index is 2.32. The summed E-state index contributed by atoms with van der Waals surface area (Å²) in [5.41, 5.74) is 0. The minimum absolute atomic E-state index is 0.684. The summed E-state index contributed by atoms with van der Waals surface area (Å²) < 4.78 is 0. The summed E-state index contributed by atoms with van der Waals surface area (Å²) in [5.74, 6) is 0.684. The highest BCUT2D eigenvalue weighted by atomic mass is 32.1. The lowest BCUT2D eigenvalue weighted by Gasteiger charge is -2.04. The van der Waals surface area contributed by atoms with E-state index >= 15 is 0 Å². The van der Waals surface area contributed by atoms with Gasteiger partial charge in [0.2, 0.25) is 0 Å². The van der Waals surface area contributed by atoms with Crippen molar-refractivity contribution < 1.29 is 0 Å². The molecule has 0 aliphatic heterocycles. The van der Waals surface area contributed by atoms with Gasteiger partial charge in [0.1, 0.15) is 0 Å². The van der Waals surface area contributed by atoms with Crippen LogP contribution in [0.4, 0.5) is 0 Å². The lowest BCUT2D eigenvalue weighted by molar-refractivity contribution is 0.795. The summed E-state index contributed by atoms with van der Waals surface area (Å²) in [7, 11) is 0. The van der Waals surface area contributed by atoms with Crippen LogP contribution < -0.4 is 0 Å². The molecule has 0 aromatic carbocycles. The number of thiophene rings is 1. The predicted molar refractivity (Wildman–Crippen MR) is 70.8 cm³/mol. The fourth-order valence-electron chi connectivity index (χ4n) is 1.62. The van der Waals surface area contributed by atoms with Crippen LogP contribution in [0.5, 0.6) is 0 Å². The molecule has 0 saturated carbocycles. The molecule has 0 radical (unpaired) electrons. The van der Waals surface area contributed by atoms with E-state index in [1.807, 2.05) is 11.3 Å². The zero-order valence-corrected chi connectivity index (χ0v) is 10.9. The third-order valence-electron chi connectivity index (χ3n) is 2.56. The smallest absolute Gasteiger partial charge is 0.00794 e. The molecule has 0 nitrogen and oxygen atoms in total. The molecule has 1 aromatic rings. The molecule has 84 valence electrons. The molecule has 1 unspecified atom stereocenters. The van der Waals surface area contributed by atoms with Crippen molar-refractivity contribution in [1.29, 1.82) is 0 Å². The molecule has 0 aliphatic carbocycles. The molecule has 0 fully saturated rings. The first-order valence-electron chi connectivity index (χ1n) is 6.01. The van der Waals surface area contributed by atoms with Gasteiger partial charge in [-0.1, -0.05) is 39.3 Å². The Balaban J connectivity index is 2.50. The monoisotopic (exact) mass is 222 g/mol. The van der Waals surface area contributed by atoms with Crippen LogP contribution in [0.15, 0.2) is 24.3 Å². The quantitative estimate of drug-likeness (QED) is 0.583. The summed E-state index contributed by atoms with van der Waals surface area (Å²) in [4.78, 5) is 3.08. The van der Waals surface area contributed by atoms with Gasteiger partial charge in [0.15, 0.2) is 0 Å². The van der Waals surface area contributed by atoms with Crippen LogP contribution in [-0.4, -0.2) is 0 Å². The summed E-state index contributed by atoms with van der Waals surface area (Å²) in [6.07, 6.45) is 9.39. The largest absolute Gasteiger partial charge is 0.145 e. The van der Waals surface area contributed by atoms with Crippen molar-refractivity contribution in [2.24, 2.45) is 0 Å². The first-order chi connectivity index (χ1) is 7.27. The SMILES string of the molecule is CC/C=C\CC(C)c1ccc(CCC)s1. The van der Waals surface area contributed by atoms with Gasteiger partial charge in [0, 0.05) is 9.75 Å². The highest BCUT2D eigenvalue weighted by Crippen LogP contribution is 2.28. The van der Waals surface area contributed by atoms with Gasteiger partial charge in [0.25, 0.3) is 0 Å². The molecule has 0 aliphatic rings. The van der Waals surface area contributed by atoms with Crippen LogP contribution in [0.25, 0.3) is 0 Å². The van der Waals surface area contributed by atoms with Crippen LogP contribution in [-0.2, 0) is 6.42 Å². The fraction of sp³-hybridized carbons (Fsp3) is 0.571. The van der Waals surface area contributed by atoms with Gasteiger partial charge < -0.3 is 0 Å². The lowest BCUT2D eigenvalue weighted by atomic mass is 10.1. The first kappa shape index (κ1) is 12.5. The maximum Gasteiger partial charge on any atom is 0.00794 e. The van der Waals surface area contributed by atoms with Crippen molar-refractivity contribution in [1.82, 2.24) is 0 Å². The average molecular weight is 222 g/mol. The van der Waals surface area contributed by atoms with Crippen LogP contribution >= 0.6 is 11.3 Å². The van der Waals surface area contributed by atoms with Crippen LogP contribution in [0.1, 0.15) is 55.7 Å².